The number of H-pyrrole nitrogens is 1. The average Bonchev–Trinajstić information content (AvgIpc) is 3.34. The molecule has 1 fully saturated rings. The molecule has 0 aliphatic carbocycles. The van der Waals surface area contributed by atoms with Gasteiger partial charge in [-0.15, -0.1) is 0 Å². The van der Waals surface area contributed by atoms with E-state index in [1.165, 1.54) is 12.1 Å². The molecule has 2 amide bonds. The number of rotatable bonds is 5. The van der Waals surface area contributed by atoms with Crippen molar-refractivity contribution in [3.8, 4) is 0 Å². The van der Waals surface area contributed by atoms with Crippen molar-refractivity contribution in [2.75, 3.05) is 24.7 Å². The van der Waals surface area contributed by atoms with Crippen molar-refractivity contribution in [1.82, 2.24) is 9.88 Å². The van der Waals surface area contributed by atoms with Gasteiger partial charge in [0.25, 0.3) is 11.8 Å². The number of carbonyl (C=O) groups is 2. The predicted molar refractivity (Wildman–Crippen MR) is 145 cm³/mol. The summed E-state index contributed by atoms with van der Waals surface area (Å²) < 4.78 is 23.6. The molecule has 37 heavy (non-hydrogen) atoms. The van der Waals surface area contributed by atoms with Gasteiger partial charge in [0.05, 0.1) is 21.0 Å². The van der Waals surface area contributed by atoms with Gasteiger partial charge < -0.3 is 15.2 Å². The molecule has 0 saturated carbocycles. The number of fused-ring (bicyclic) bond motifs is 1. The molecule has 0 atom stereocenters. The number of nitrogens with one attached hydrogen (secondary N) is 2. The highest BCUT2D eigenvalue weighted by Crippen LogP contribution is 2.31. The van der Waals surface area contributed by atoms with Gasteiger partial charge in [0.1, 0.15) is 0 Å². The number of benzene rings is 3. The van der Waals surface area contributed by atoms with Crippen LogP contribution >= 0.6 is 11.6 Å². The van der Waals surface area contributed by atoms with Crippen LogP contribution < -0.4 is 5.32 Å². The van der Waals surface area contributed by atoms with E-state index in [1.54, 1.807) is 24.4 Å². The minimum absolute atomic E-state index is 0.00460. The van der Waals surface area contributed by atoms with Crippen LogP contribution in [0.25, 0.3) is 10.9 Å². The number of aromatic amines is 1. The number of anilines is 1. The third-order valence-electron chi connectivity index (χ3n) is 6.84. The van der Waals surface area contributed by atoms with Crippen LogP contribution in [0.1, 0.15) is 45.0 Å². The van der Waals surface area contributed by atoms with Crippen molar-refractivity contribution < 1.29 is 18.0 Å². The lowest BCUT2D eigenvalue weighted by molar-refractivity contribution is 0.0715. The number of piperidine rings is 1. The van der Waals surface area contributed by atoms with Crippen LogP contribution in [0.3, 0.4) is 0 Å². The third-order valence-corrected chi connectivity index (χ3v) is 8.27. The summed E-state index contributed by atoms with van der Waals surface area (Å²) in [6.45, 7) is 1.32. The molecule has 1 aromatic heterocycles. The first-order valence-corrected chi connectivity index (χ1v) is 14.2. The zero-order valence-corrected chi connectivity index (χ0v) is 21.8. The summed E-state index contributed by atoms with van der Waals surface area (Å²) in [6.07, 6.45) is 4.54. The summed E-state index contributed by atoms with van der Waals surface area (Å²) in [5.41, 5.74) is 3.48. The lowest BCUT2D eigenvalue weighted by Crippen LogP contribution is -2.37. The molecule has 0 bridgehead atoms. The molecule has 4 aromatic rings. The fraction of sp³-hybridized carbons (Fsp3) is 0.214. The largest absolute Gasteiger partial charge is 0.359 e. The Kier molecular flexibility index (Phi) is 6.79. The number of sulfone groups is 1. The highest BCUT2D eigenvalue weighted by atomic mass is 35.5. The van der Waals surface area contributed by atoms with Gasteiger partial charge in [0, 0.05) is 42.2 Å². The van der Waals surface area contributed by atoms with Gasteiger partial charge in [-0.1, -0.05) is 41.9 Å². The summed E-state index contributed by atoms with van der Waals surface area (Å²) in [5.74, 6) is -0.0498. The first-order valence-electron chi connectivity index (χ1n) is 12.0. The van der Waals surface area contributed by atoms with E-state index in [-0.39, 0.29) is 22.3 Å². The first kappa shape index (κ1) is 25.0. The van der Waals surface area contributed by atoms with Crippen molar-refractivity contribution in [2.24, 2.45) is 0 Å². The van der Waals surface area contributed by atoms with Crippen LogP contribution in [-0.2, 0) is 9.84 Å². The smallest absolute Gasteiger partial charge is 0.256 e. The molecule has 9 heteroatoms. The van der Waals surface area contributed by atoms with Gasteiger partial charge in [-0.3, -0.25) is 9.59 Å². The Morgan fingerprint density at radius 3 is 2.41 bits per heavy atom. The Morgan fingerprint density at radius 1 is 1.00 bits per heavy atom. The van der Waals surface area contributed by atoms with Gasteiger partial charge >= 0.3 is 0 Å². The van der Waals surface area contributed by atoms with Crippen LogP contribution in [0.5, 0.6) is 0 Å². The number of nitrogens with zero attached hydrogens (tertiary/aromatic N) is 1. The van der Waals surface area contributed by atoms with Crippen molar-refractivity contribution in [3.05, 3.63) is 94.6 Å². The fourth-order valence-electron chi connectivity index (χ4n) is 4.79. The Bertz CT molecular complexity index is 1590. The molecule has 2 heterocycles. The van der Waals surface area contributed by atoms with E-state index < -0.39 is 9.84 Å². The zero-order valence-electron chi connectivity index (χ0n) is 20.2. The number of hydrogen-bond donors (Lipinski definition) is 2. The molecular formula is C28H26ClN3O4S. The van der Waals surface area contributed by atoms with Gasteiger partial charge in [0.15, 0.2) is 9.84 Å². The van der Waals surface area contributed by atoms with Crippen molar-refractivity contribution in [2.45, 2.75) is 23.7 Å². The molecule has 3 aromatic carbocycles. The molecule has 5 rings (SSSR count). The number of likely N-dealkylation sites (tertiary alicyclic amines) is 1. The second kappa shape index (κ2) is 10.0. The fourth-order valence-corrected chi connectivity index (χ4v) is 5.69. The normalized spacial score (nSPS) is 14.6. The molecule has 190 valence electrons. The quantitative estimate of drug-likeness (QED) is 0.352. The molecule has 0 unspecified atom stereocenters. The lowest BCUT2D eigenvalue weighted by Gasteiger charge is -2.32. The van der Waals surface area contributed by atoms with E-state index in [1.807, 2.05) is 41.3 Å². The number of para-hydroxylation sites is 1. The number of aromatic nitrogens is 1. The number of carbonyl (C=O) groups excluding carboxylic acids is 2. The maximum atomic E-state index is 13.2. The van der Waals surface area contributed by atoms with Crippen molar-refractivity contribution >= 4 is 49.8 Å². The van der Waals surface area contributed by atoms with Crippen LogP contribution in [0.2, 0.25) is 5.02 Å². The summed E-state index contributed by atoms with van der Waals surface area (Å²) in [5, 5.41) is 4.25. The van der Waals surface area contributed by atoms with Gasteiger partial charge in [-0.25, -0.2) is 8.42 Å². The van der Waals surface area contributed by atoms with E-state index in [2.05, 4.69) is 10.3 Å². The Balaban J connectivity index is 1.20. The van der Waals surface area contributed by atoms with Gasteiger partial charge in [-0.2, -0.15) is 0 Å². The monoisotopic (exact) mass is 535 g/mol. The van der Waals surface area contributed by atoms with E-state index >= 15 is 0 Å². The second-order valence-electron chi connectivity index (χ2n) is 9.31. The van der Waals surface area contributed by atoms with Gasteiger partial charge in [-0.05, 0) is 60.7 Å². The topological polar surface area (TPSA) is 99.3 Å². The average molecular weight is 536 g/mol. The Morgan fingerprint density at radius 2 is 1.70 bits per heavy atom. The Labute approximate surface area is 220 Å². The summed E-state index contributed by atoms with van der Waals surface area (Å²) in [4.78, 5) is 30.9. The lowest BCUT2D eigenvalue weighted by atomic mass is 9.89. The zero-order chi connectivity index (χ0) is 26.2. The van der Waals surface area contributed by atoms with Crippen LogP contribution in [0.4, 0.5) is 5.69 Å². The van der Waals surface area contributed by atoms with Crippen molar-refractivity contribution in [3.63, 3.8) is 0 Å². The SMILES string of the molecule is CS(=O)(=O)c1cccc(C(=O)Nc2ccc(C3CCN(C(=O)c4c[nH]c5c(Cl)cccc45)CC3)cc2)c1. The van der Waals surface area contributed by atoms with Gasteiger partial charge in [0.2, 0.25) is 0 Å². The number of halogens is 1. The van der Waals surface area contributed by atoms with Crippen LogP contribution in [-0.4, -0.2) is 49.5 Å². The molecule has 2 N–H and O–H groups in total. The Hall–Kier alpha value is -3.62. The van der Waals surface area contributed by atoms with E-state index in [0.29, 0.717) is 35.3 Å². The maximum Gasteiger partial charge on any atom is 0.256 e. The van der Waals surface area contributed by atoms with E-state index in [4.69, 9.17) is 11.6 Å². The third kappa shape index (κ3) is 5.26. The summed E-state index contributed by atoms with van der Waals surface area (Å²) in [6, 6.07) is 19.2. The first-order chi connectivity index (χ1) is 17.7. The highest BCUT2D eigenvalue weighted by Gasteiger charge is 2.26. The molecule has 7 nitrogen and oxygen atoms in total. The molecule has 0 spiro atoms. The van der Waals surface area contributed by atoms with E-state index in [9.17, 15) is 18.0 Å². The number of hydrogen-bond acceptors (Lipinski definition) is 4. The highest BCUT2D eigenvalue weighted by molar-refractivity contribution is 7.90. The summed E-state index contributed by atoms with van der Waals surface area (Å²) >= 11 is 6.24. The molecule has 1 aliphatic rings. The molecular weight excluding hydrogens is 510 g/mol. The minimum Gasteiger partial charge on any atom is -0.359 e. The molecule has 1 aliphatic heterocycles. The van der Waals surface area contributed by atoms with Crippen molar-refractivity contribution in [1.29, 1.82) is 0 Å². The van der Waals surface area contributed by atoms with Crippen LogP contribution in [0, 0.1) is 0 Å². The standard InChI is InChI=1S/C28H26ClN3O4S/c1-37(35,36)22-5-2-4-20(16-22)27(33)31-21-10-8-18(9-11-21)19-12-14-32(15-13-19)28(34)24-17-30-26-23(24)6-3-7-25(26)29/h2-11,16-17,19,30H,12-15H2,1H3,(H,31,33). The van der Waals surface area contributed by atoms with Crippen LogP contribution in [0.15, 0.2) is 77.8 Å². The molecule has 0 radical (unpaired) electrons. The number of amides is 2. The summed E-state index contributed by atoms with van der Waals surface area (Å²) in [7, 11) is -3.40. The van der Waals surface area contributed by atoms with E-state index in [0.717, 1.165) is 35.6 Å². The second-order valence-corrected chi connectivity index (χ2v) is 11.7. The maximum absolute atomic E-state index is 13.2. The minimum atomic E-state index is -3.40. The molecule has 1 saturated heterocycles. The predicted octanol–water partition coefficient (Wildman–Crippen LogP) is 5.50.